The van der Waals surface area contributed by atoms with Crippen molar-refractivity contribution < 1.29 is 8.78 Å². The smallest absolute Gasteiger partial charge is 0.124 e. The van der Waals surface area contributed by atoms with Crippen LogP contribution < -0.4 is 5.32 Å². The van der Waals surface area contributed by atoms with Crippen LogP contribution in [0, 0.1) is 11.7 Å². The molecule has 1 N–H and O–H groups in total. The van der Waals surface area contributed by atoms with Crippen molar-refractivity contribution in [2.45, 2.75) is 25.4 Å². The number of hydrogen-bond acceptors (Lipinski definition) is 1. The molecule has 2 rings (SSSR count). The molecular formula is C13H16BrF2N. The van der Waals surface area contributed by atoms with Crippen LogP contribution in [0.4, 0.5) is 8.78 Å². The average molecular weight is 304 g/mol. The molecule has 0 spiro atoms. The van der Waals surface area contributed by atoms with Crippen LogP contribution in [0.1, 0.15) is 25.3 Å². The fraction of sp³-hybridized carbons (Fsp3) is 0.538. The fourth-order valence-electron chi connectivity index (χ4n) is 2.53. The van der Waals surface area contributed by atoms with Crippen molar-refractivity contribution in [1.82, 2.24) is 5.32 Å². The Bertz CT molecular complexity index is 390. The minimum absolute atomic E-state index is 0.240. The number of benzene rings is 1. The van der Waals surface area contributed by atoms with Crippen LogP contribution in [-0.4, -0.2) is 18.8 Å². The summed E-state index contributed by atoms with van der Waals surface area (Å²) in [5.41, 5.74) is -0.615. The van der Waals surface area contributed by atoms with Crippen LogP contribution in [-0.2, 0) is 0 Å². The molecule has 1 aliphatic rings. The summed E-state index contributed by atoms with van der Waals surface area (Å²) in [6.45, 7) is 4.72. The first-order chi connectivity index (χ1) is 7.88. The third-order valence-corrected chi connectivity index (χ3v) is 3.73. The van der Waals surface area contributed by atoms with Crippen molar-refractivity contribution >= 4 is 15.9 Å². The number of halogens is 3. The van der Waals surface area contributed by atoms with Gasteiger partial charge in [0, 0.05) is 10.4 Å². The number of hydrogen-bond donors (Lipinski definition) is 1. The SMILES string of the molecule is CC(C)(F)C(c1cc(F)cc(Br)c1)C1CNC1. The van der Waals surface area contributed by atoms with Gasteiger partial charge in [0.15, 0.2) is 0 Å². The van der Waals surface area contributed by atoms with E-state index in [4.69, 9.17) is 0 Å². The molecule has 0 aliphatic carbocycles. The Morgan fingerprint density at radius 3 is 2.41 bits per heavy atom. The highest BCUT2D eigenvalue weighted by Crippen LogP contribution is 2.40. The van der Waals surface area contributed by atoms with Crippen LogP contribution in [0.5, 0.6) is 0 Å². The van der Waals surface area contributed by atoms with Gasteiger partial charge in [0.1, 0.15) is 11.5 Å². The Morgan fingerprint density at radius 2 is 2.00 bits per heavy atom. The van der Waals surface area contributed by atoms with Crippen LogP contribution in [0.25, 0.3) is 0 Å². The lowest BCUT2D eigenvalue weighted by atomic mass is 9.74. The molecule has 1 aromatic carbocycles. The van der Waals surface area contributed by atoms with Crippen LogP contribution in [0.3, 0.4) is 0 Å². The Morgan fingerprint density at radius 1 is 1.35 bits per heavy atom. The minimum Gasteiger partial charge on any atom is -0.316 e. The summed E-state index contributed by atoms with van der Waals surface area (Å²) in [6, 6.07) is 4.65. The van der Waals surface area contributed by atoms with Gasteiger partial charge in [-0.15, -0.1) is 0 Å². The largest absolute Gasteiger partial charge is 0.316 e. The molecule has 1 aromatic rings. The van der Waals surface area contributed by atoms with Gasteiger partial charge in [-0.05, 0) is 56.6 Å². The zero-order chi connectivity index (χ0) is 12.6. The predicted octanol–water partition coefficient (Wildman–Crippen LogP) is 3.64. The Labute approximate surface area is 109 Å². The first-order valence-electron chi connectivity index (χ1n) is 5.73. The first kappa shape index (κ1) is 13.0. The quantitative estimate of drug-likeness (QED) is 0.899. The van der Waals surface area contributed by atoms with Crippen molar-refractivity contribution in [1.29, 1.82) is 0 Å². The molecule has 1 aliphatic heterocycles. The van der Waals surface area contributed by atoms with Gasteiger partial charge < -0.3 is 5.32 Å². The Balaban J connectivity index is 2.37. The van der Waals surface area contributed by atoms with Gasteiger partial charge in [0.05, 0.1) is 0 Å². The molecule has 1 unspecified atom stereocenters. The molecule has 0 saturated carbocycles. The molecule has 0 radical (unpaired) electrons. The van der Waals surface area contributed by atoms with E-state index in [-0.39, 0.29) is 17.7 Å². The molecule has 17 heavy (non-hydrogen) atoms. The van der Waals surface area contributed by atoms with E-state index in [1.54, 1.807) is 13.8 Å². The second-order valence-electron chi connectivity index (χ2n) is 5.16. The van der Waals surface area contributed by atoms with Crippen molar-refractivity contribution in [3.05, 3.63) is 34.1 Å². The van der Waals surface area contributed by atoms with Crippen LogP contribution >= 0.6 is 15.9 Å². The van der Waals surface area contributed by atoms with Crippen molar-refractivity contribution in [2.75, 3.05) is 13.1 Å². The molecule has 1 saturated heterocycles. The molecule has 0 amide bonds. The normalized spacial score (nSPS) is 18.9. The number of rotatable bonds is 3. The van der Waals surface area contributed by atoms with E-state index in [1.807, 2.05) is 6.07 Å². The summed E-state index contributed by atoms with van der Waals surface area (Å²) < 4.78 is 28.4. The summed E-state index contributed by atoms with van der Waals surface area (Å²) in [6.07, 6.45) is 0. The summed E-state index contributed by atoms with van der Waals surface area (Å²) in [4.78, 5) is 0. The maximum atomic E-state index is 14.3. The van der Waals surface area contributed by atoms with E-state index in [0.29, 0.717) is 4.47 Å². The summed E-state index contributed by atoms with van der Waals surface area (Å²) in [5.74, 6) is -0.352. The maximum absolute atomic E-state index is 14.3. The maximum Gasteiger partial charge on any atom is 0.124 e. The first-order valence-corrected chi connectivity index (χ1v) is 6.53. The van der Waals surface area contributed by atoms with Gasteiger partial charge in [-0.1, -0.05) is 15.9 Å². The monoisotopic (exact) mass is 303 g/mol. The van der Waals surface area contributed by atoms with E-state index in [2.05, 4.69) is 21.2 Å². The third-order valence-electron chi connectivity index (χ3n) is 3.27. The molecule has 94 valence electrons. The number of alkyl halides is 1. The Hall–Kier alpha value is -0.480. The van der Waals surface area contributed by atoms with Gasteiger partial charge in [-0.25, -0.2) is 8.78 Å². The minimum atomic E-state index is -1.35. The predicted molar refractivity (Wildman–Crippen MR) is 68.4 cm³/mol. The molecule has 1 heterocycles. The van der Waals surface area contributed by atoms with Crippen molar-refractivity contribution in [3.63, 3.8) is 0 Å². The van der Waals surface area contributed by atoms with E-state index in [0.717, 1.165) is 18.7 Å². The zero-order valence-electron chi connectivity index (χ0n) is 9.93. The summed E-state index contributed by atoms with van der Waals surface area (Å²) in [5, 5.41) is 3.14. The highest BCUT2D eigenvalue weighted by Gasteiger charge is 2.39. The van der Waals surface area contributed by atoms with Crippen molar-refractivity contribution in [2.24, 2.45) is 5.92 Å². The molecule has 1 nitrogen and oxygen atoms in total. The van der Waals surface area contributed by atoms with Crippen LogP contribution in [0.15, 0.2) is 22.7 Å². The molecule has 1 fully saturated rings. The van der Waals surface area contributed by atoms with Crippen LogP contribution in [0.2, 0.25) is 0 Å². The zero-order valence-corrected chi connectivity index (χ0v) is 11.5. The highest BCUT2D eigenvalue weighted by atomic mass is 79.9. The van der Waals surface area contributed by atoms with Gasteiger partial charge in [0.2, 0.25) is 0 Å². The van der Waals surface area contributed by atoms with Gasteiger partial charge in [-0.2, -0.15) is 0 Å². The fourth-order valence-corrected chi connectivity index (χ4v) is 3.01. The molecule has 4 heteroatoms. The molecule has 0 bridgehead atoms. The van der Waals surface area contributed by atoms with E-state index in [1.165, 1.54) is 12.1 Å². The second kappa shape index (κ2) is 4.65. The van der Waals surface area contributed by atoms with Crippen molar-refractivity contribution in [3.8, 4) is 0 Å². The standard InChI is InChI=1S/C13H16BrF2N/c1-13(2,16)12(9-6-17-7-9)8-3-10(14)5-11(15)4-8/h3-5,9,12,17H,6-7H2,1-2H3. The molecular weight excluding hydrogens is 288 g/mol. The lowest BCUT2D eigenvalue weighted by Crippen LogP contribution is -2.49. The average Bonchev–Trinajstić information content (AvgIpc) is 2.06. The second-order valence-corrected chi connectivity index (χ2v) is 6.08. The Kier molecular flexibility index (Phi) is 3.55. The van der Waals surface area contributed by atoms with Gasteiger partial charge in [0.25, 0.3) is 0 Å². The lowest BCUT2D eigenvalue weighted by molar-refractivity contribution is 0.107. The topological polar surface area (TPSA) is 12.0 Å². The number of nitrogens with one attached hydrogen (secondary N) is 1. The molecule has 1 atom stereocenters. The van der Waals surface area contributed by atoms with E-state index in [9.17, 15) is 8.78 Å². The van der Waals surface area contributed by atoms with E-state index >= 15 is 0 Å². The third kappa shape index (κ3) is 2.86. The lowest BCUT2D eigenvalue weighted by Gasteiger charge is -2.40. The summed E-state index contributed by atoms with van der Waals surface area (Å²) >= 11 is 3.26. The van der Waals surface area contributed by atoms with Gasteiger partial charge in [-0.3, -0.25) is 0 Å². The van der Waals surface area contributed by atoms with Gasteiger partial charge >= 0.3 is 0 Å². The summed E-state index contributed by atoms with van der Waals surface area (Å²) in [7, 11) is 0. The van der Waals surface area contributed by atoms with E-state index < -0.39 is 5.67 Å². The molecule has 0 aromatic heterocycles. The highest BCUT2D eigenvalue weighted by molar-refractivity contribution is 9.10.